The summed E-state index contributed by atoms with van der Waals surface area (Å²) in [5.74, 6) is -0.256. The lowest BCUT2D eigenvalue weighted by molar-refractivity contribution is -0.122. The number of anilines is 1. The van der Waals surface area contributed by atoms with Gasteiger partial charge >= 0.3 is 0 Å². The van der Waals surface area contributed by atoms with Crippen LogP contribution in [0.1, 0.15) is 86.1 Å². The minimum absolute atomic E-state index is 0.0224. The molecule has 0 bridgehead atoms. The minimum Gasteiger partial charge on any atom is -0.382 e. The second-order valence-corrected chi connectivity index (χ2v) is 13.2. The van der Waals surface area contributed by atoms with Crippen LogP contribution in [-0.4, -0.2) is 59.3 Å². The molecule has 0 spiro atoms. The Morgan fingerprint density at radius 3 is 2.50 bits per heavy atom. The van der Waals surface area contributed by atoms with Gasteiger partial charge in [0.25, 0.3) is 0 Å². The van der Waals surface area contributed by atoms with Crippen LogP contribution in [0.4, 0.5) is 10.1 Å². The summed E-state index contributed by atoms with van der Waals surface area (Å²) in [4.78, 5) is 40.1. The third-order valence-electron chi connectivity index (χ3n) is 9.33. The third kappa shape index (κ3) is 5.87. The molecule has 2 aliphatic heterocycles. The highest BCUT2D eigenvalue weighted by Crippen LogP contribution is 2.43. The van der Waals surface area contributed by atoms with Gasteiger partial charge < -0.3 is 15.5 Å². The molecule has 3 heterocycles. The zero-order valence-corrected chi connectivity index (χ0v) is 24.7. The molecule has 222 valence electrons. The Bertz CT molecular complexity index is 1510. The SMILES string of the molecule is CC1(C)CC(=O)n2c(c(-c3ccc(C=O)c(N[C@H]4CC[C@H](NC(=O)CCN5CCCC5)CC4)c3)c3ccc(F)cc32)C1. The maximum Gasteiger partial charge on any atom is 0.231 e. The van der Waals surface area contributed by atoms with Crippen molar-refractivity contribution in [2.75, 3.05) is 25.0 Å². The van der Waals surface area contributed by atoms with E-state index in [4.69, 9.17) is 0 Å². The van der Waals surface area contributed by atoms with Gasteiger partial charge in [-0.05, 0) is 99.3 Å². The first kappa shape index (κ1) is 28.6. The fourth-order valence-corrected chi connectivity index (χ4v) is 7.20. The van der Waals surface area contributed by atoms with Crippen molar-refractivity contribution in [1.82, 2.24) is 14.8 Å². The summed E-state index contributed by atoms with van der Waals surface area (Å²) >= 11 is 0. The maximum atomic E-state index is 14.3. The molecule has 1 amide bonds. The summed E-state index contributed by atoms with van der Waals surface area (Å²) in [5, 5.41) is 7.68. The largest absolute Gasteiger partial charge is 0.382 e. The number of nitrogens with zero attached hydrogens (tertiary/aromatic N) is 2. The van der Waals surface area contributed by atoms with Gasteiger partial charge in [0, 0.05) is 59.4 Å². The van der Waals surface area contributed by atoms with Gasteiger partial charge in [0.2, 0.25) is 11.8 Å². The highest BCUT2D eigenvalue weighted by atomic mass is 19.1. The van der Waals surface area contributed by atoms with Crippen LogP contribution < -0.4 is 10.6 Å². The first-order chi connectivity index (χ1) is 20.2. The molecule has 1 aliphatic carbocycles. The molecule has 0 atom stereocenters. The number of rotatable bonds is 8. The van der Waals surface area contributed by atoms with E-state index in [0.29, 0.717) is 30.3 Å². The number of fused-ring (bicyclic) bond motifs is 3. The molecule has 1 aromatic heterocycles. The number of aldehydes is 1. The van der Waals surface area contributed by atoms with Gasteiger partial charge in [-0.1, -0.05) is 19.9 Å². The molecule has 3 aromatic rings. The summed E-state index contributed by atoms with van der Waals surface area (Å²) in [6.07, 6.45) is 8.56. The van der Waals surface area contributed by atoms with Crippen LogP contribution in [0.2, 0.25) is 0 Å². The maximum absolute atomic E-state index is 14.3. The molecular weight excluding hydrogens is 531 g/mol. The minimum atomic E-state index is -0.371. The molecule has 0 radical (unpaired) electrons. The Kier molecular flexibility index (Phi) is 7.92. The van der Waals surface area contributed by atoms with Crippen LogP contribution >= 0.6 is 0 Å². The number of benzene rings is 2. The Morgan fingerprint density at radius 2 is 1.76 bits per heavy atom. The molecule has 1 saturated heterocycles. The van der Waals surface area contributed by atoms with Crippen LogP contribution in [0, 0.1) is 11.2 Å². The van der Waals surface area contributed by atoms with Crippen LogP contribution in [0.15, 0.2) is 36.4 Å². The number of likely N-dealkylation sites (tertiary alicyclic amines) is 1. The zero-order chi connectivity index (χ0) is 29.4. The lowest BCUT2D eigenvalue weighted by Crippen LogP contribution is -2.41. The van der Waals surface area contributed by atoms with Crippen molar-refractivity contribution in [1.29, 1.82) is 0 Å². The number of carbonyl (C=O) groups excluding carboxylic acids is 3. The second kappa shape index (κ2) is 11.6. The lowest BCUT2D eigenvalue weighted by Gasteiger charge is -2.31. The van der Waals surface area contributed by atoms with E-state index in [1.807, 2.05) is 18.2 Å². The summed E-state index contributed by atoms with van der Waals surface area (Å²) in [5.41, 5.74) is 4.44. The van der Waals surface area contributed by atoms with E-state index in [-0.39, 0.29) is 35.1 Å². The molecule has 0 unspecified atom stereocenters. The quantitative estimate of drug-likeness (QED) is 0.314. The van der Waals surface area contributed by atoms with E-state index in [9.17, 15) is 18.8 Å². The number of hydrogen-bond acceptors (Lipinski definition) is 5. The van der Waals surface area contributed by atoms with Crippen molar-refractivity contribution in [2.24, 2.45) is 5.41 Å². The molecule has 42 heavy (non-hydrogen) atoms. The molecular formula is C34H41FN4O3. The van der Waals surface area contributed by atoms with Crippen molar-refractivity contribution < 1.29 is 18.8 Å². The standard InChI is InChI=1S/C34H41FN4O3/c1-34(2)19-30-33(27-12-7-24(35)18-29(27)39(30)32(42)20-34)22-5-6-23(21-40)28(17-22)36-25-8-10-26(11-9-25)37-31(41)13-16-38-14-3-4-15-38/h5-7,12,17-18,21,25-26,36H,3-4,8-11,13-16,19-20H2,1-2H3,(H,37,41)/t25-,26-. The average molecular weight is 573 g/mol. The monoisotopic (exact) mass is 572 g/mol. The van der Waals surface area contributed by atoms with Crippen LogP contribution in [0.25, 0.3) is 22.0 Å². The van der Waals surface area contributed by atoms with Gasteiger partial charge in [-0.2, -0.15) is 0 Å². The predicted octanol–water partition coefficient (Wildman–Crippen LogP) is 6.20. The Labute approximate surface area is 246 Å². The van der Waals surface area contributed by atoms with E-state index in [1.165, 1.54) is 25.0 Å². The van der Waals surface area contributed by atoms with Crippen molar-refractivity contribution in [2.45, 2.75) is 83.7 Å². The van der Waals surface area contributed by atoms with Crippen molar-refractivity contribution in [3.05, 3.63) is 53.5 Å². The van der Waals surface area contributed by atoms with E-state index in [1.54, 1.807) is 10.6 Å². The molecule has 8 heteroatoms. The Hall–Kier alpha value is -3.52. The second-order valence-electron chi connectivity index (χ2n) is 13.2. The lowest BCUT2D eigenvalue weighted by atomic mass is 9.80. The van der Waals surface area contributed by atoms with E-state index >= 15 is 0 Å². The topological polar surface area (TPSA) is 83.4 Å². The van der Waals surface area contributed by atoms with Crippen molar-refractivity contribution in [3.63, 3.8) is 0 Å². The van der Waals surface area contributed by atoms with Gasteiger partial charge in [-0.25, -0.2) is 4.39 Å². The van der Waals surface area contributed by atoms with Crippen molar-refractivity contribution in [3.8, 4) is 11.1 Å². The fraction of sp³-hybridized carbons (Fsp3) is 0.500. The van der Waals surface area contributed by atoms with E-state index in [0.717, 1.165) is 79.5 Å². The Morgan fingerprint density at radius 1 is 1.02 bits per heavy atom. The number of carbonyl (C=O) groups is 3. The van der Waals surface area contributed by atoms with E-state index < -0.39 is 0 Å². The fourth-order valence-electron chi connectivity index (χ4n) is 7.20. The van der Waals surface area contributed by atoms with Crippen LogP contribution in [-0.2, 0) is 11.2 Å². The molecule has 1 saturated carbocycles. The summed E-state index contributed by atoms with van der Waals surface area (Å²) < 4.78 is 16.0. The highest BCUT2D eigenvalue weighted by Gasteiger charge is 2.35. The molecule has 3 aliphatic rings. The number of hydrogen-bond donors (Lipinski definition) is 2. The molecule has 7 nitrogen and oxygen atoms in total. The predicted molar refractivity (Wildman–Crippen MR) is 164 cm³/mol. The molecule has 2 fully saturated rings. The number of aromatic nitrogens is 1. The first-order valence-electron chi connectivity index (χ1n) is 15.4. The van der Waals surface area contributed by atoms with Gasteiger partial charge in [0.15, 0.2) is 6.29 Å². The summed E-state index contributed by atoms with van der Waals surface area (Å²) in [7, 11) is 0. The average Bonchev–Trinajstić information content (AvgIpc) is 3.58. The molecule has 6 rings (SSSR count). The van der Waals surface area contributed by atoms with Crippen LogP contribution in [0.5, 0.6) is 0 Å². The molecule has 2 aromatic carbocycles. The zero-order valence-electron chi connectivity index (χ0n) is 24.7. The molecule has 2 N–H and O–H groups in total. The van der Waals surface area contributed by atoms with Crippen LogP contribution in [0.3, 0.4) is 0 Å². The van der Waals surface area contributed by atoms with Gasteiger partial charge in [0.05, 0.1) is 5.52 Å². The highest BCUT2D eigenvalue weighted by molar-refractivity contribution is 6.05. The van der Waals surface area contributed by atoms with Crippen molar-refractivity contribution >= 4 is 34.7 Å². The van der Waals surface area contributed by atoms with Gasteiger partial charge in [-0.15, -0.1) is 0 Å². The first-order valence-corrected chi connectivity index (χ1v) is 15.4. The normalized spacial score (nSPS) is 22.2. The summed E-state index contributed by atoms with van der Waals surface area (Å²) in [6, 6.07) is 10.8. The smallest absolute Gasteiger partial charge is 0.231 e. The third-order valence-corrected chi connectivity index (χ3v) is 9.33. The number of nitrogens with one attached hydrogen (secondary N) is 2. The Balaban J connectivity index is 1.20. The number of amides is 1. The van der Waals surface area contributed by atoms with E-state index in [2.05, 4.69) is 29.4 Å². The van der Waals surface area contributed by atoms with Gasteiger partial charge in [-0.3, -0.25) is 19.0 Å². The summed E-state index contributed by atoms with van der Waals surface area (Å²) in [6.45, 7) is 7.23. The van der Waals surface area contributed by atoms with Gasteiger partial charge in [0.1, 0.15) is 5.82 Å². The number of halogens is 1.